The van der Waals surface area contributed by atoms with Gasteiger partial charge in [0.1, 0.15) is 24.2 Å². The summed E-state index contributed by atoms with van der Waals surface area (Å²) >= 11 is 12.0. The first kappa shape index (κ1) is 19.8. The number of β-amino-alcohol motifs (C(OH)–C–C–N with tert-alkyl or cyclic N) is 1. The van der Waals surface area contributed by atoms with Gasteiger partial charge in [-0.2, -0.15) is 0 Å². The molecule has 2 N–H and O–H groups in total. The van der Waals surface area contributed by atoms with Gasteiger partial charge in [0.25, 0.3) is 5.91 Å². The van der Waals surface area contributed by atoms with E-state index in [-0.39, 0.29) is 13.2 Å². The number of amides is 3. The fourth-order valence-electron chi connectivity index (χ4n) is 3.57. The van der Waals surface area contributed by atoms with Gasteiger partial charge in [-0.05, 0) is 18.2 Å². The predicted octanol–water partition coefficient (Wildman–Crippen LogP) is 2.96. The molecule has 1 saturated heterocycles. The highest BCUT2D eigenvalue weighted by Gasteiger charge is 2.55. The van der Waals surface area contributed by atoms with Crippen LogP contribution in [-0.2, 0) is 10.3 Å². The van der Waals surface area contributed by atoms with Crippen molar-refractivity contribution in [2.75, 3.05) is 19.8 Å². The van der Waals surface area contributed by atoms with Crippen LogP contribution in [0.2, 0.25) is 10.0 Å². The summed E-state index contributed by atoms with van der Waals surface area (Å²) in [5.41, 5.74) is -0.563. The van der Waals surface area contributed by atoms with Crippen LogP contribution in [0.1, 0.15) is 12.0 Å². The molecule has 9 heteroatoms. The molecule has 0 radical (unpaired) electrons. The van der Waals surface area contributed by atoms with Gasteiger partial charge in [0, 0.05) is 23.1 Å². The number of fused-ring (bicyclic) bond motifs is 2. The fraction of sp³-hybridized carbons (Fsp3) is 0.300. The molecule has 0 aromatic heterocycles. The van der Waals surface area contributed by atoms with E-state index in [0.29, 0.717) is 40.1 Å². The fourth-order valence-corrected chi connectivity index (χ4v) is 3.91. The molecule has 1 spiro atoms. The lowest BCUT2D eigenvalue weighted by molar-refractivity contribution is -0.133. The van der Waals surface area contributed by atoms with Crippen molar-refractivity contribution in [3.05, 3.63) is 58.1 Å². The summed E-state index contributed by atoms with van der Waals surface area (Å²) in [7, 11) is 0. The number of ether oxygens (including phenoxy) is 2. The van der Waals surface area contributed by atoms with Crippen LogP contribution in [0.4, 0.5) is 4.79 Å². The normalized spacial score (nSPS) is 21.6. The van der Waals surface area contributed by atoms with Crippen molar-refractivity contribution in [2.45, 2.75) is 18.1 Å². The second-order valence-electron chi connectivity index (χ2n) is 6.89. The van der Waals surface area contributed by atoms with Crippen LogP contribution in [0.3, 0.4) is 0 Å². The molecule has 2 aliphatic rings. The number of hydrogen-bond donors (Lipinski definition) is 2. The Morgan fingerprint density at radius 2 is 2.03 bits per heavy atom. The standard InChI is InChI=1S/C20H18Cl2N2O5/c21-12-5-6-15(22)17(9-12)29-11-13(25)10-24-18(26)20(23-19(24)27)7-8-28-16-4-2-1-3-14(16)20/h1-6,9,13,25H,7-8,10-11H2,(H,23,27)/t13-,20-/m0/s1. The summed E-state index contributed by atoms with van der Waals surface area (Å²) in [5.74, 6) is 0.456. The Bertz CT molecular complexity index is 970. The lowest BCUT2D eigenvalue weighted by Crippen LogP contribution is -2.48. The van der Waals surface area contributed by atoms with Crippen molar-refractivity contribution in [1.82, 2.24) is 10.2 Å². The monoisotopic (exact) mass is 436 g/mol. The molecule has 3 amide bonds. The van der Waals surface area contributed by atoms with Gasteiger partial charge in [0.15, 0.2) is 5.54 Å². The minimum Gasteiger partial charge on any atom is -0.493 e. The molecule has 2 aliphatic heterocycles. The zero-order valence-electron chi connectivity index (χ0n) is 15.2. The van der Waals surface area contributed by atoms with Crippen molar-refractivity contribution in [2.24, 2.45) is 0 Å². The smallest absolute Gasteiger partial charge is 0.325 e. The number of hydrogen-bond acceptors (Lipinski definition) is 5. The van der Waals surface area contributed by atoms with Crippen molar-refractivity contribution in [1.29, 1.82) is 0 Å². The summed E-state index contributed by atoms with van der Waals surface area (Å²) in [4.78, 5) is 26.7. The number of rotatable bonds is 5. The van der Waals surface area contributed by atoms with Gasteiger partial charge in [-0.15, -0.1) is 0 Å². The molecule has 0 bridgehead atoms. The maximum Gasteiger partial charge on any atom is 0.325 e. The van der Waals surface area contributed by atoms with Crippen molar-refractivity contribution in [3.63, 3.8) is 0 Å². The van der Waals surface area contributed by atoms with Crippen LogP contribution in [0.15, 0.2) is 42.5 Å². The second kappa shape index (κ2) is 7.74. The molecule has 2 heterocycles. The summed E-state index contributed by atoms with van der Waals surface area (Å²) in [6.45, 7) is -0.0761. The average Bonchev–Trinajstić information content (AvgIpc) is 2.94. The Balaban J connectivity index is 1.47. The van der Waals surface area contributed by atoms with Crippen LogP contribution in [-0.4, -0.2) is 47.8 Å². The van der Waals surface area contributed by atoms with E-state index in [2.05, 4.69) is 5.32 Å². The van der Waals surface area contributed by atoms with Crippen molar-refractivity contribution >= 4 is 35.1 Å². The SMILES string of the molecule is O=C1N[C@]2(CCOc3ccccc32)C(=O)N1C[C@H](O)COc1cc(Cl)ccc1Cl. The van der Waals surface area contributed by atoms with E-state index in [1.165, 1.54) is 6.07 Å². The van der Waals surface area contributed by atoms with Gasteiger partial charge in [-0.3, -0.25) is 9.69 Å². The number of carbonyl (C=O) groups excluding carboxylic acids is 2. The van der Waals surface area contributed by atoms with E-state index < -0.39 is 23.6 Å². The summed E-state index contributed by atoms with van der Waals surface area (Å²) in [6.07, 6.45) is -0.791. The lowest BCUT2D eigenvalue weighted by Gasteiger charge is -2.33. The zero-order valence-corrected chi connectivity index (χ0v) is 16.7. The van der Waals surface area contributed by atoms with Crippen LogP contribution in [0.25, 0.3) is 0 Å². The topological polar surface area (TPSA) is 88.1 Å². The molecule has 0 aliphatic carbocycles. The Morgan fingerprint density at radius 1 is 1.24 bits per heavy atom. The Morgan fingerprint density at radius 3 is 2.86 bits per heavy atom. The predicted molar refractivity (Wildman–Crippen MR) is 106 cm³/mol. The molecule has 2 aromatic rings. The number of aliphatic hydroxyl groups is 1. The number of aliphatic hydroxyl groups excluding tert-OH is 1. The maximum absolute atomic E-state index is 13.2. The van der Waals surface area contributed by atoms with Gasteiger partial charge < -0.3 is 19.9 Å². The maximum atomic E-state index is 13.2. The molecule has 152 valence electrons. The zero-order chi connectivity index (χ0) is 20.6. The molecule has 29 heavy (non-hydrogen) atoms. The number of benzene rings is 2. The molecule has 1 fully saturated rings. The van der Waals surface area contributed by atoms with Crippen LogP contribution < -0.4 is 14.8 Å². The van der Waals surface area contributed by atoms with E-state index in [9.17, 15) is 14.7 Å². The third-order valence-corrected chi connectivity index (χ3v) is 5.52. The summed E-state index contributed by atoms with van der Waals surface area (Å²) in [6, 6.07) is 11.3. The number of carbonyl (C=O) groups is 2. The highest BCUT2D eigenvalue weighted by Crippen LogP contribution is 2.41. The number of nitrogens with zero attached hydrogens (tertiary/aromatic N) is 1. The first-order valence-electron chi connectivity index (χ1n) is 9.03. The van der Waals surface area contributed by atoms with Crippen LogP contribution >= 0.6 is 23.2 Å². The number of urea groups is 1. The van der Waals surface area contributed by atoms with E-state index >= 15 is 0 Å². The number of para-hydroxylation sites is 1. The Kier molecular flexibility index (Phi) is 5.29. The largest absolute Gasteiger partial charge is 0.493 e. The van der Waals surface area contributed by atoms with Gasteiger partial charge >= 0.3 is 6.03 Å². The van der Waals surface area contributed by atoms with E-state index in [1.807, 2.05) is 0 Å². The number of halogens is 2. The van der Waals surface area contributed by atoms with E-state index in [0.717, 1.165) is 4.90 Å². The van der Waals surface area contributed by atoms with Crippen molar-refractivity contribution < 1.29 is 24.2 Å². The lowest BCUT2D eigenvalue weighted by atomic mass is 9.84. The highest BCUT2D eigenvalue weighted by molar-refractivity contribution is 6.34. The molecule has 2 aromatic carbocycles. The van der Waals surface area contributed by atoms with Crippen molar-refractivity contribution in [3.8, 4) is 11.5 Å². The van der Waals surface area contributed by atoms with E-state index in [4.69, 9.17) is 32.7 Å². The Hall–Kier alpha value is -2.48. The van der Waals surface area contributed by atoms with Crippen LogP contribution in [0, 0.1) is 0 Å². The summed E-state index contributed by atoms with van der Waals surface area (Å²) < 4.78 is 11.1. The molecule has 7 nitrogen and oxygen atoms in total. The minimum atomic E-state index is -1.18. The van der Waals surface area contributed by atoms with E-state index in [1.54, 1.807) is 36.4 Å². The third kappa shape index (κ3) is 3.61. The van der Waals surface area contributed by atoms with Gasteiger partial charge in [0.05, 0.1) is 18.2 Å². The molecule has 0 unspecified atom stereocenters. The quantitative estimate of drug-likeness (QED) is 0.703. The Labute approximate surface area is 177 Å². The molecular formula is C20H18Cl2N2O5. The van der Waals surface area contributed by atoms with Gasteiger partial charge in [-0.25, -0.2) is 4.79 Å². The summed E-state index contributed by atoms with van der Waals surface area (Å²) in [5, 5.41) is 13.9. The third-order valence-electron chi connectivity index (χ3n) is 4.97. The second-order valence-corrected chi connectivity index (χ2v) is 7.73. The van der Waals surface area contributed by atoms with Gasteiger partial charge in [-0.1, -0.05) is 41.4 Å². The van der Waals surface area contributed by atoms with Crippen LogP contribution in [0.5, 0.6) is 11.5 Å². The average molecular weight is 437 g/mol. The highest BCUT2D eigenvalue weighted by atomic mass is 35.5. The minimum absolute atomic E-state index is 0.163. The molecule has 4 rings (SSSR count). The number of nitrogens with one attached hydrogen (secondary N) is 1. The molecule has 0 saturated carbocycles. The first-order valence-corrected chi connectivity index (χ1v) is 9.78. The first-order chi connectivity index (χ1) is 13.9. The number of imide groups is 1. The van der Waals surface area contributed by atoms with Gasteiger partial charge in [0.2, 0.25) is 0 Å². The molecule has 2 atom stereocenters. The molecular weight excluding hydrogens is 419 g/mol.